The highest BCUT2D eigenvalue weighted by molar-refractivity contribution is 7.09. The van der Waals surface area contributed by atoms with Crippen LogP contribution in [-0.4, -0.2) is 15.9 Å². The molecule has 0 aliphatic rings. The molecule has 7 heteroatoms. The molecule has 1 N–H and O–H groups in total. The molecule has 4 rings (SSSR count). The Hall–Kier alpha value is -3.06. The lowest BCUT2D eigenvalue weighted by Gasteiger charge is -2.02. The summed E-state index contributed by atoms with van der Waals surface area (Å²) in [5.41, 5.74) is 2.93. The number of amides is 1. The SMILES string of the molecule is Cc1nc(CNC(=O)c2ccc3oc(-c4cccc(F)c4)nc3c2)cs1. The third-order valence-electron chi connectivity index (χ3n) is 3.82. The Morgan fingerprint density at radius 1 is 1.23 bits per heavy atom. The number of benzene rings is 2. The van der Waals surface area contributed by atoms with Gasteiger partial charge in [0.15, 0.2) is 5.58 Å². The molecule has 1 amide bonds. The number of nitrogens with one attached hydrogen (secondary N) is 1. The molecule has 0 fully saturated rings. The number of oxazole rings is 1. The Labute approximate surface area is 152 Å². The third-order valence-corrected chi connectivity index (χ3v) is 4.64. The Morgan fingerprint density at radius 2 is 2.12 bits per heavy atom. The van der Waals surface area contributed by atoms with E-state index < -0.39 is 0 Å². The highest BCUT2D eigenvalue weighted by atomic mass is 32.1. The van der Waals surface area contributed by atoms with Gasteiger partial charge in [0.1, 0.15) is 11.3 Å². The van der Waals surface area contributed by atoms with Crippen molar-refractivity contribution in [3.05, 3.63) is 69.9 Å². The normalized spacial score (nSPS) is 11.0. The van der Waals surface area contributed by atoms with E-state index in [1.54, 1.807) is 41.7 Å². The minimum absolute atomic E-state index is 0.215. The molecule has 0 unspecified atom stereocenters. The maximum absolute atomic E-state index is 13.4. The molecule has 0 spiro atoms. The average molecular weight is 367 g/mol. The van der Waals surface area contributed by atoms with Crippen LogP contribution >= 0.6 is 11.3 Å². The van der Waals surface area contributed by atoms with Gasteiger partial charge in [0.05, 0.1) is 17.2 Å². The van der Waals surface area contributed by atoms with Crippen LogP contribution in [0.15, 0.2) is 52.3 Å². The predicted octanol–water partition coefficient (Wildman–Crippen LogP) is 4.33. The number of hydrogen-bond acceptors (Lipinski definition) is 5. The van der Waals surface area contributed by atoms with Gasteiger partial charge >= 0.3 is 0 Å². The second-order valence-corrected chi connectivity index (χ2v) is 6.81. The van der Waals surface area contributed by atoms with Crippen molar-refractivity contribution in [3.63, 3.8) is 0 Å². The molecule has 0 atom stereocenters. The summed E-state index contributed by atoms with van der Waals surface area (Å²) in [6, 6.07) is 11.0. The fourth-order valence-corrected chi connectivity index (χ4v) is 3.19. The van der Waals surface area contributed by atoms with E-state index in [0.29, 0.717) is 34.7 Å². The number of carbonyl (C=O) groups excluding carboxylic acids is 1. The van der Waals surface area contributed by atoms with Crippen molar-refractivity contribution in [3.8, 4) is 11.5 Å². The lowest BCUT2D eigenvalue weighted by molar-refractivity contribution is 0.0950. The molecule has 130 valence electrons. The first-order valence-electron chi connectivity index (χ1n) is 7.94. The van der Waals surface area contributed by atoms with Gasteiger partial charge < -0.3 is 9.73 Å². The second-order valence-electron chi connectivity index (χ2n) is 5.75. The first-order chi connectivity index (χ1) is 12.6. The van der Waals surface area contributed by atoms with E-state index in [-0.39, 0.29) is 11.7 Å². The van der Waals surface area contributed by atoms with Gasteiger partial charge in [0, 0.05) is 16.5 Å². The molecule has 0 bridgehead atoms. The number of carbonyl (C=O) groups is 1. The quantitative estimate of drug-likeness (QED) is 0.583. The summed E-state index contributed by atoms with van der Waals surface area (Å²) in [5, 5.41) is 5.72. The summed E-state index contributed by atoms with van der Waals surface area (Å²) in [5.74, 6) is -0.259. The Kier molecular flexibility index (Phi) is 4.22. The molecule has 0 saturated carbocycles. The van der Waals surface area contributed by atoms with Crippen molar-refractivity contribution in [2.75, 3.05) is 0 Å². The van der Waals surface area contributed by atoms with Crippen LogP contribution in [0.5, 0.6) is 0 Å². The molecule has 0 saturated heterocycles. The van der Waals surface area contributed by atoms with E-state index in [0.717, 1.165) is 10.7 Å². The van der Waals surface area contributed by atoms with Crippen LogP contribution in [0, 0.1) is 12.7 Å². The van der Waals surface area contributed by atoms with Crippen molar-refractivity contribution in [1.29, 1.82) is 0 Å². The maximum Gasteiger partial charge on any atom is 0.251 e. The molecule has 26 heavy (non-hydrogen) atoms. The van der Waals surface area contributed by atoms with Crippen molar-refractivity contribution in [2.24, 2.45) is 0 Å². The van der Waals surface area contributed by atoms with Crippen LogP contribution in [-0.2, 0) is 6.54 Å². The molecule has 0 radical (unpaired) electrons. The second kappa shape index (κ2) is 6.68. The lowest BCUT2D eigenvalue weighted by Crippen LogP contribution is -2.22. The fourth-order valence-electron chi connectivity index (χ4n) is 2.58. The van der Waals surface area contributed by atoms with Crippen molar-refractivity contribution in [1.82, 2.24) is 15.3 Å². The van der Waals surface area contributed by atoms with E-state index in [1.807, 2.05) is 12.3 Å². The molecule has 4 aromatic rings. The summed E-state index contributed by atoms with van der Waals surface area (Å²) in [4.78, 5) is 21.0. The molecule has 2 aromatic heterocycles. The molecule has 0 aliphatic heterocycles. The minimum atomic E-state index is -0.359. The number of nitrogens with zero attached hydrogens (tertiary/aromatic N) is 2. The van der Waals surface area contributed by atoms with E-state index in [4.69, 9.17) is 4.42 Å². The molecular weight excluding hydrogens is 353 g/mol. The van der Waals surface area contributed by atoms with Gasteiger partial charge in [-0.3, -0.25) is 4.79 Å². The van der Waals surface area contributed by atoms with E-state index >= 15 is 0 Å². The van der Waals surface area contributed by atoms with Crippen molar-refractivity contribution < 1.29 is 13.6 Å². The van der Waals surface area contributed by atoms with E-state index in [2.05, 4.69) is 15.3 Å². The summed E-state index contributed by atoms with van der Waals surface area (Å²) in [6.07, 6.45) is 0. The molecule has 2 aromatic carbocycles. The zero-order valence-electron chi connectivity index (χ0n) is 13.8. The number of halogens is 1. The number of fused-ring (bicyclic) bond motifs is 1. The number of rotatable bonds is 4. The average Bonchev–Trinajstić information content (AvgIpc) is 3.25. The van der Waals surface area contributed by atoms with Crippen LogP contribution in [0.2, 0.25) is 0 Å². The van der Waals surface area contributed by atoms with E-state index in [1.165, 1.54) is 12.1 Å². The minimum Gasteiger partial charge on any atom is -0.436 e. The largest absolute Gasteiger partial charge is 0.436 e. The zero-order chi connectivity index (χ0) is 18.1. The predicted molar refractivity (Wildman–Crippen MR) is 97.4 cm³/mol. The van der Waals surface area contributed by atoms with Gasteiger partial charge in [0.25, 0.3) is 5.91 Å². The number of aryl methyl sites for hydroxylation is 1. The van der Waals surface area contributed by atoms with Gasteiger partial charge in [-0.2, -0.15) is 0 Å². The van der Waals surface area contributed by atoms with Crippen LogP contribution in [0.25, 0.3) is 22.6 Å². The maximum atomic E-state index is 13.4. The Morgan fingerprint density at radius 3 is 2.88 bits per heavy atom. The van der Waals surface area contributed by atoms with Crippen molar-refractivity contribution in [2.45, 2.75) is 13.5 Å². The molecular formula is C19H14FN3O2S. The summed E-state index contributed by atoms with van der Waals surface area (Å²) >= 11 is 1.54. The summed E-state index contributed by atoms with van der Waals surface area (Å²) in [7, 11) is 0. The Bertz CT molecular complexity index is 1100. The third kappa shape index (κ3) is 3.34. The fraction of sp³-hybridized carbons (Fsp3) is 0.105. The Balaban J connectivity index is 1.56. The molecule has 5 nitrogen and oxygen atoms in total. The summed E-state index contributed by atoms with van der Waals surface area (Å²) < 4.78 is 19.0. The monoisotopic (exact) mass is 367 g/mol. The highest BCUT2D eigenvalue weighted by Gasteiger charge is 2.12. The van der Waals surface area contributed by atoms with E-state index in [9.17, 15) is 9.18 Å². The molecule has 2 heterocycles. The topological polar surface area (TPSA) is 68.0 Å². The smallest absolute Gasteiger partial charge is 0.251 e. The number of thiazole rings is 1. The number of aromatic nitrogens is 2. The van der Waals surface area contributed by atoms with Gasteiger partial charge in [-0.05, 0) is 43.3 Å². The standard InChI is InChI=1S/C19H14FN3O2S/c1-11-22-15(10-26-11)9-21-18(24)12-5-6-17-16(8-12)23-19(25-17)13-3-2-4-14(20)7-13/h2-8,10H,9H2,1H3,(H,21,24). The first kappa shape index (κ1) is 16.4. The molecule has 0 aliphatic carbocycles. The highest BCUT2D eigenvalue weighted by Crippen LogP contribution is 2.25. The van der Waals surface area contributed by atoms with Gasteiger partial charge in [-0.15, -0.1) is 11.3 Å². The lowest BCUT2D eigenvalue weighted by atomic mass is 10.2. The van der Waals surface area contributed by atoms with Gasteiger partial charge in [-0.1, -0.05) is 6.07 Å². The van der Waals surface area contributed by atoms with Gasteiger partial charge in [-0.25, -0.2) is 14.4 Å². The van der Waals surface area contributed by atoms with Crippen LogP contribution in [0.3, 0.4) is 0 Å². The number of hydrogen-bond donors (Lipinski definition) is 1. The van der Waals surface area contributed by atoms with Crippen LogP contribution in [0.4, 0.5) is 4.39 Å². The first-order valence-corrected chi connectivity index (χ1v) is 8.82. The van der Waals surface area contributed by atoms with Crippen LogP contribution < -0.4 is 5.32 Å². The zero-order valence-corrected chi connectivity index (χ0v) is 14.6. The summed E-state index contributed by atoms with van der Waals surface area (Å²) in [6.45, 7) is 2.29. The van der Waals surface area contributed by atoms with Crippen LogP contribution in [0.1, 0.15) is 21.1 Å². The van der Waals surface area contributed by atoms with Gasteiger partial charge in [0.2, 0.25) is 5.89 Å². The van der Waals surface area contributed by atoms with Crippen molar-refractivity contribution >= 4 is 28.3 Å².